The minimum absolute atomic E-state index is 0.0384. The van der Waals surface area contributed by atoms with Gasteiger partial charge in [-0.3, -0.25) is 20.2 Å². The van der Waals surface area contributed by atoms with Crippen LogP contribution in [0.15, 0.2) is 28.7 Å². The molecule has 0 spiro atoms. The first-order chi connectivity index (χ1) is 12.3. The van der Waals surface area contributed by atoms with E-state index in [1.807, 2.05) is 0 Å². The summed E-state index contributed by atoms with van der Waals surface area (Å²) in [6, 6.07) is 3.27. The van der Waals surface area contributed by atoms with Gasteiger partial charge in [-0.15, -0.1) is 0 Å². The zero-order valence-corrected chi connectivity index (χ0v) is 16.1. The molecule has 0 fully saturated rings. The molecule has 0 bridgehead atoms. The lowest BCUT2D eigenvalue weighted by Gasteiger charge is -2.25. The molecule has 27 heavy (non-hydrogen) atoms. The topological polar surface area (TPSA) is 89.5 Å². The van der Waals surface area contributed by atoms with Gasteiger partial charge in [0.15, 0.2) is 0 Å². The van der Waals surface area contributed by atoms with Crippen molar-refractivity contribution in [2.75, 3.05) is 11.9 Å². The van der Waals surface area contributed by atoms with Crippen LogP contribution in [0.25, 0.3) is 0 Å². The third-order valence-electron chi connectivity index (χ3n) is 3.44. The van der Waals surface area contributed by atoms with E-state index in [4.69, 9.17) is 23.2 Å². The van der Waals surface area contributed by atoms with E-state index in [1.165, 1.54) is 12.1 Å². The maximum Gasteiger partial charge on any atom is 0.418 e. The molecule has 13 heteroatoms. The normalized spacial score (nSPS) is 11.4. The van der Waals surface area contributed by atoms with Gasteiger partial charge in [-0.2, -0.15) is 13.2 Å². The van der Waals surface area contributed by atoms with Crippen LogP contribution in [-0.2, 0) is 6.18 Å². The highest BCUT2D eigenvalue weighted by atomic mass is 79.9. The first-order valence-corrected chi connectivity index (χ1v) is 8.31. The SMILES string of the molecule is CN(c1c(Cl)cc(Cl)cc1Br)c1c([N+](=O)[O-])cc([N+](=O)[O-])cc1C(F)(F)F. The Morgan fingerprint density at radius 3 is 2.07 bits per heavy atom. The predicted molar refractivity (Wildman–Crippen MR) is 97.0 cm³/mol. The largest absolute Gasteiger partial charge is 0.418 e. The zero-order valence-electron chi connectivity index (χ0n) is 13.1. The van der Waals surface area contributed by atoms with Gasteiger partial charge in [0.05, 0.1) is 32.2 Å². The highest BCUT2D eigenvalue weighted by Gasteiger charge is 2.41. The summed E-state index contributed by atoms with van der Waals surface area (Å²) in [5.74, 6) is 0. The van der Waals surface area contributed by atoms with Crippen molar-refractivity contribution in [3.8, 4) is 0 Å². The summed E-state index contributed by atoms with van der Waals surface area (Å²) in [5, 5.41) is 22.4. The Morgan fingerprint density at radius 1 is 1.04 bits per heavy atom. The molecular weight excluding hydrogens is 482 g/mol. The van der Waals surface area contributed by atoms with E-state index in [9.17, 15) is 33.4 Å². The Kier molecular flexibility index (Phi) is 5.88. The molecule has 0 unspecified atom stereocenters. The van der Waals surface area contributed by atoms with E-state index in [0.29, 0.717) is 6.07 Å². The van der Waals surface area contributed by atoms with Gasteiger partial charge in [0.1, 0.15) is 5.69 Å². The molecule has 0 N–H and O–H groups in total. The van der Waals surface area contributed by atoms with Crippen LogP contribution < -0.4 is 4.90 Å². The molecule has 0 aromatic heterocycles. The number of hydrogen-bond donors (Lipinski definition) is 0. The van der Waals surface area contributed by atoms with Crippen molar-refractivity contribution in [1.29, 1.82) is 0 Å². The molecule has 0 atom stereocenters. The molecule has 0 heterocycles. The lowest BCUT2D eigenvalue weighted by molar-refractivity contribution is -0.394. The number of non-ortho nitro benzene ring substituents is 1. The Hall–Kier alpha value is -2.11. The fourth-order valence-corrected chi connectivity index (χ4v) is 3.98. The second-order valence-corrected chi connectivity index (χ2v) is 6.85. The van der Waals surface area contributed by atoms with E-state index in [1.54, 1.807) is 0 Å². The van der Waals surface area contributed by atoms with Crippen LogP contribution in [0.3, 0.4) is 0 Å². The van der Waals surface area contributed by atoms with E-state index in [0.717, 1.165) is 11.9 Å². The number of nitro groups is 2. The zero-order chi connectivity index (χ0) is 20.7. The maximum absolute atomic E-state index is 13.5. The summed E-state index contributed by atoms with van der Waals surface area (Å²) < 4.78 is 40.8. The maximum atomic E-state index is 13.5. The lowest BCUT2D eigenvalue weighted by Crippen LogP contribution is -2.19. The summed E-state index contributed by atoms with van der Waals surface area (Å²) in [7, 11) is 1.11. The third kappa shape index (κ3) is 4.25. The van der Waals surface area contributed by atoms with Gasteiger partial charge in [-0.1, -0.05) is 23.2 Å². The van der Waals surface area contributed by atoms with Crippen LogP contribution in [0.4, 0.5) is 35.9 Å². The van der Waals surface area contributed by atoms with Crippen LogP contribution in [0.1, 0.15) is 5.56 Å². The number of alkyl halides is 3. The molecule has 0 saturated carbocycles. The Labute approximate surface area is 167 Å². The Balaban J connectivity index is 2.90. The molecule has 7 nitrogen and oxygen atoms in total. The fourth-order valence-electron chi connectivity index (χ4n) is 2.38. The molecule has 0 saturated heterocycles. The van der Waals surface area contributed by atoms with Gasteiger partial charge >= 0.3 is 6.18 Å². The van der Waals surface area contributed by atoms with E-state index >= 15 is 0 Å². The molecule has 0 radical (unpaired) electrons. The number of hydrogen-bond acceptors (Lipinski definition) is 5. The monoisotopic (exact) mass is 487 g/mol. The predicted octanol–water partition coefficient (Wildman–Crippen LogP) is 6.36. The molecule has 0 aliphatic carbocycles. The van der Waals surface area contributed by atoms with Crippen LogP contribution in [-0.4, -0.2) is 16.9 Å². The molecule has 144 valence electrons. The fraction of sp³-hybridized carbons (Fsp3) is 0.143. The van der Waals surface area contributed by atoms with E-state index in [2.05, 4.69) is 15.9 Å². The number of rotatable bonds is 4. The van der Waals surface area contributed by atoms with Crippen molar-refractivity contribution >= 4 is 61.9 Å². The Bertz CT molecular complexity index is 933. The van der Waals surface area contributed by atoms with Crippen molar-refractivity contribution in [2.45, 2.75) is 6.18 Å². The van der Waals surface area contributed by atoms with Crippen LogP contribution >= 0.6 is 39.1 Å². The summed E-state index contributed by atoms with van der Waals surface area (Å²) >= 11 is 15.0. The second-order valence-electron chi connectivity index (χ2n) is 5.15. The molecule has 2 aromatic rings. The Morgan fingerprint density at radius 2 is 1.63 bits per heavy atom. The molecule has 0 aliphatic rings. The number of nitro benzene ring substituents is 2. The minimum atomic E-state index is -5.11. The van der Waals surface area contributed by atoms with Gasteiger partial charge in [0.25, 0.3) is 11.4 Å². The standard InChI is InChI=1S/C14H7BrCl2F3N3O4/c1-21(13-9(15)2-6(16)3-10(13)17)12-8(14(18,19)20)4-7(22(24)25)5-11(12)23(26)27/h2-5H,1H3. The van der Waals surface area contributed by atoms with E-state index in [-0.39, 0.29) is 26.3 Å². The first kappa shape index (κ1) is 21.2. The van der Waals surface area contributed by atoms with Gasteiger partial charge in [-0.25, -0.2) is 0 Å². The highest BCUT2D eigenvalue weighted by molar-refractivity contribution is 9.10. The minimum Gasteiger partial charge on any atom is -0.336 e. The lowest BCUT2D eigenvalue weighted by atomic mass is 10.1. The number of halogens is 6. The number of anilines is 2. The van der Waals surface area contributed by atoms with Gasteiger partial charge in [0, 0.05) is 22.6 Å². The number of nitrogens with zero attached hydrogens (tertiary/aromatic N) is 3. The summed E-state index contributed by atoms with van der Waals surface area (Å²) in [4.78, 5) is 20.8. The molecule has 0 aliphatic heterocycles. The molecule has 2 rings (SSSR count). The van der Waals surface area contributed by atoms with Crippen molar-refractivity contribution < 1.29 is 23.0 Å². The number of benzene rings is 2. The van der Waals surface area contributed by atoms with Gasteiger partial charge in [0.2, 0.25) is 0 Å². The first-order valence-electron chi connectivity index (χ1n) is 6.77. The van der Waals surface area contributed by atoms with Crippen LogP contribution in [0.2, 0.25) is 10.0 Å². The molecule has 0 amide bonds. The third-order valence-corrected chi connectivity index (χ3v) is 4.55. The summed E-state index contributed by atoms with van der Waals surface area (Å²) in [5.41, 5.74) is -4.65. The van der Waals surface area contributed by atoms with Crippen LogP contribution in [0, 0.1) is 20.2 Å². The van der Waals surface area contributed by atoms with Crippen molar-refractivity contribution in [3.05, 3.63) is 64.6 Å². The molecule has 2 aromatic carbocycles. The second kappa shape index (κ2) is 7.49. The van der Waals surface area contributed by atoms with Gasteiger partial charge < -0.3 is 4.90 Å². The highest BCUT2D eigenvalue weighted by Crippen LogP contribution is 2.48. The average Bonchev–Trinajstić information content (AvgIpc) is 2.51. The average molecular weight is 489 g/mol. The smallest absolute Gasteiger partial charge is 0.336 e. The summed E-state index contributed by atoms with van der Waals surface area (Å²) in [6.07, 6.45) is -5.11. The van der Waals surface area contributed by atoms with Crippen LogP contribution in [0.5, 0.6) is 0 Å². The van der Waals surface area contributed by atoms with Gasteiger partial charge in [-0.05, 0) is 28.1 Å². The van der Waals surface area contributed by atoms with Crippen molar-refractivity contribution in [1.82, 2.24) is 0 Å². The van der Waals surface area contributed by atoms with Crippen molar-refractivity contribution in [3.63, 3.8) is 0 Å². The van der Waals surface area contributed by atoms with E-state index < -0.39 is 38.6 Å². The molecular formula is C14H7BrCl2F3N3O4. The quantitative estimate of drug-likeness (QED) is 0.369. The summed E-state index contributed by atoms with van der Waals surface area (Å²) in [6.45, 7) is 0. The van der Waals surface area contributed by atoms with Crippen molar-refractivity contribution in [2.24, 2.45) is 0 Å².